The van der Waals surface area contributed by atoms with Crippen molar-refractivity contribution in [1.82, 2.24) is 0 Å². The molecule has 5 heteroatoms. The summed E-state index contributed by atoms with van der Waals surface area (Å²) in [4.78, 5) is 32.1. The van der Waals surface area contributed by atoms with Gasteiger partial charge in [-0.3, -0.25) is 9.59 Å². The molecule has 2 N–H and O–H groups in total. The number of nitrogens with zero attached hydrogens (tertiary/aromatic N) is 1. The van der Waals surface area contributed by atoms with E-state index in [0.717, 1.165) is 44.2 Å². The highest BCUT2D eigenvalue weighted by molar-refractivity contribution is 5.95. The predicted molar refractivity (Wildman–Crippen MR) is 118 cm³/mol. The Bertz CT molecular complexity index is 759. The molecule has 0 radical (unpaired) electrons. The molecule has 0 heterocycles. The lowest BCUT2D eigenvalue weighted by Crippen LogP contribution is -2.59. The molecule has 0 bridgehead atoms. The third kappa shape index (κ3) is 3.18. The molecule has 168 valence electrons. The number of hydrogen-bond acceptors (Lipinski definition) is 5. The van der Waals surface area contributed by atoms with Gasteiger partial charge in [0.15, 0.2) is 0 Å². The van der Waals surface area contributed by atoms with Gasteiger partial charge in [0.1, 0.15) is 17.2 Å². The molecule has 0 spiro atoms. The molecule has 4 aliphatic carbocycles. The van der Waals surface area contributed by atoms with Gasteiger partial charge in [0, 0.05) is 36.6 Å². The van der Waals surface area contributed by atoms with Crippen LogP contribution in [-0.4, -0.2) is 29.4 Å². The van der Waals surface area contributed by atoms with Crippen molar-refractivity contribution >= 4 is 17.3 Å². The van der Waals surface area contributed by atoms with Gasteiger partial charge in [0.25, 0.3) is 0 Å². The number of carbonyl (C=O) groups is 2. The van der Waals surface area contributed by atoms with E-state index < -0.39 is 5.60 Å². The van der Waals surface area contributed by atoms with Crippen LogP contribution in [0.2, 0.25) is 0 Å². The first kappa shape index (κ1) is 22.0. The zero-order valence-electron chi connectivity index (χ0n) is 19.5. The third-order valence-corrected chi connectivity index (χ3v) is 9.58. The van der Waals surface area contributed by atoms with Crippen LogP contribution in [0.15, 0.2) is 5.16 Å². The van der Waals surface area contributed by atoms with Crippen molar-refractivity contribution in [2.75, 3.05) is 6.54 Å². The van der Waals surface area contributed by atoms with E-state index in [1.165, 1.54) is 0 Å². The summed E-state index contributed by atoms with van der Waals surface area (Å²) in [7, 11) is 0. The summed E-state index contributed by atoms with van der Waals surface area (Å²) in [6.07, 6.45) is 7.22. The molecular weight excluding hydrogens is 376 g/mol. The Morgan fingerprint density at radius 3 is 2.53 bits per heavy atom. The van der Waals surface area contributed by atoms with Gasteiger partial charge in [0.05, 0.1) is 5.71 Å². The molecule has 4 aliphatic rings. The minimum atomic E-state index is -0.490. The number of fused-ring (bicyclic) bond motifs is 5. The van der Waals surface area contributed by atoms with Crippen molar-refractivity contribution in [3.05, 3.63) is 0 Å². The van der Waals surface area contributed by atoms with Crippen LogP contribution < -0.4 is 5.73 Å². The number of nitrogens with two attached hydrogens (primary N) is 1. The SMILES string of the molecule is CC[C@H]1/C(=N/OC(C)(C)CN)CC[C@@]2(C)C1C(=O)C[C@@H]1[C@@H]2CC[C@]2(C)C(=O)CC[C@@H]12. The Balaban J connectivity index is 1.63. The maximum Gasteiger partial charge on any atom is 0.144 e. The fourth-order valence-electron chi connectivity index (χ4n) is 7.72. The van der Waals surface area contributed by atoms with Gasteiger partial charge in [-0.1, -0.05) is 25.9 Å². The average molecular weight is 417 g/mol. The summed E-state index contributed by atoms with van der Waals surface area (Å²) >= 11 is 0. The second-order valence-electron chi connectivity index (χ2n) is 11.6. The van der Waals surface area contributed by atoms with E-state index in [-0.39, 0.29) is 22.7 Å². The first-order chi connectivity index (χ1) is 14.1. The van der Waals surface area contributed by atoms with E-state index in [4.69, 9.17) is 10.6 Å². The molecule has 0 saturated heterocycles. The summed E-state index contributed by atoms with van der Waals surface area (Å²) in [6, 6.07) is 0. The van der Waals surface area contributed by atoms with Crippen molar-refractivity contribution < 1.29 is 14.4 Å². The predicted octanol–water partition coefficient (Wildman–Crippen LogP) is 4.52. The van der Waals surface area contributed by atoms with Crippen molar-refractivity contribution in [2.24, 2.45) is 51.3 Å². The topological polar surface area (TPSA) is 81.8 Å². The van der Waals surface area contributed by atoms with Crippen molar-refractivity contribution in [3.8, 4) is 0 Å². The smallest absolute Gasteiger partial charge is 0.144 e. The molecule has 5 nitrogen and oxygen atoms in total. The van der Waals surface area contributed by atoms with Gasteiger partial charge < -0.3 is 10.6 Å². The van der Waals surface area contributed by atoms with E-state index >= 15 is 0 Å². The number of Topliss-reactive ketones (excluding diaryl/α,β-unsaturated/α-hetero) is 2. The van der Waals surface area contributed by atoms with Gasteiger partial charge >= 0.3 is 0 Å². The number of hydrogen-bond donors (Lipinski definition) is 1. The first-order valence-corrected chi connectivity index (χ1v) is 12.1. The van der Waals surface area contributed by atoms with Gasteiger partial charge in [-0.05, 0) is 75.5 Å². The number of oxime groups is 1. The Morgan fingerprint density at radius 1 is 1.13 bits per heavy atom. The fourth-order valence-corrected chi connectivity index (χ4v) is 7.72. The van der Waals surface area contributed by atoms with Gasteiger partial charge in [-0.15, -0.1) is 0 Å². The van der Waals surface area contributed by atoms with Crippen LogP contribution in [0.1, 0.15) is 86.0 Å². The lowest BCUT2D eigenvalue weighted by molar-refractivity contribution is -0.156. The standard InChI is InChI=1S/C25H40N2O3/c1-6-15-19(27-30-23(2,3)14-26)10-12-25(5)18-9-11-24(4)17(7-8-21(24)29)16(18)13-20(28)22(15)25/h15-18,22H,6-14,26H2,1-5H3/b27-19+/t15-,16-,17-,18-,22?,24-,25+/m0/s1. The Morgan fingerprint density at radius 2 is 1.87 bits per heavy atom. The summed E-state index contributed by atoms with van der Waals surface area (Å²) < 4.78 is 0. The number of rotatable bonds is 4. The lowest BCUT2D eigenvalue weighted by atomic mass is 9.43. The van der Waals surface area contributed by atoms with Crippen LogP contribution in [-0.2, 0) is 14.4 Å². The maximum absolute atomic E-state index is 13.6. The third-order valence-electron chi connectivity index (χ3n) is 9.58. The molecule has 0 amide bonds. The van der Waals surface area contributed by atoms with E-state index in [2.05, 4.69) is 25.9 Å². The number of ketones is 2. The minimum absolute atomic E-state index is 0.00997. The van der Waals surface area contributed by atoms with Crippen molar-refractivity contribution in [2.45, 2.75) is 91.6 Å². The molecule has 30 heavy (non-hydrogen) atoms. The van der Waals surface area contributed by atoms with Crippen LogP contribution in [0, 0.1) is 40.4 Å². The normalized spacial score (nSPS) is 45.1. The Labute approximate surface area is 181 Å². The lowest BCUT2D eigenvalue weighted by Gasteiger charge is -2.60. The molecule has 0 aromatic heterocycles. The highest BCUT2D eigenvalue weighted by Crippen LogP contribution is 2.65. The summed E-state index contributed by atoms with van der Waals surface area (Å²) in [5, 5.41) is 4.55. The maximum atomic E-state index is 13.6. The van der Waals surface area contributed by atoms with E-state index in [1.54, 1.807) is 0 Å². The minimum Gasteiger partial charge on any atom is -0.389 e. The monoisotopic (exact) mass is 416 g/mol. The highest BCUT2D eigenvalue weighted by Gasteiger charge is 2.63. The zero-order valence-corrected chi connectivity index (χ0v) is 19.5. The van der Waals surface area contributed by atoms with Gasteiger partial charge in [-0.25, -0.2) is 0 Å². The summed E-state index contributed by atoms with van der Waals surface area (Å²) in [5.41, 5.74) is 6.19. The Kier molecular flexibility index (Phi) is 5.44. The Hall–Kier alpha value is -1.23. The van der Waals surface area contributed by atoms with E-state index in [1.807, 2.05) is 13.8 Å². The van der Waals surface area contributed by atoms with Crippen LogP contribution >= 0.6 is 0 Å². The molecule has 4 fully saturated rings. The van der Waals surface area contributed by atoms with Gasteiger partial charge in [0.2, 0.25) is 0 Å². The highest BCUT2D eigenvalue weighted by atomic mass is 16.6. The van der Waals surface area contributed by atoms with E-state index in [9.17, 15) is 9.59 Å². The zero-order chi connectivity index (χ0) is 21.9. The van der Waals surface area contributed by atoms with Crippen LogP contribution in [0.4, 0.5) is 0 Å². The van der Waals surface area contributed by atoms with Gasteiger partial charge in [-0.2, -0.15) is 0 Å². The van der Waals surface area contributed by atoms with Crippen molar-refractivity contribution in [3.63, 3.8) is 0 Å². The summed E-state index contributed by atoms with van der Waals surface area (Å²) in [6.45, 7) is 11.0. The largest absolute Gasteiger partial charge is 0.389 e. The average Bonchev–Trinajstić information content (AvgIpc) is 3.01. The molecule has 4 rings (SSSR count). The van der Waals surface area contributed by atoms with Crippen LogP contribution in [0.3, 0.4) is 0 Å². The summed E-state index contributed by atoms with van der Waals surface area (Å²) in [5.74, 6) is 2.35. The molecule has 7 atom stereocenters. The van der Waals surface area contributed by atoms with E-state index in [0.29, 0.717) is 48.7 Å². The molecule has 0 aliphatic heterocycles. The molecule has 0 aromatic rings. The first-order valence-electron chi connectivity index (χ1n) is 12.1. The van der Waals surface area contributed by atoms with Crippen LogP contribution in [0.25, 0.3) is 0 Å². The number of carbonyl (C=O) groups excluding carboxylic acids is 2. The molecule has 0 aromatic carbocycles. The second-order valence-corrected chi connectivity index (χ2v) is 11.6. The molecule has 1 unspecified atom stereocenters. The second kappa shape index (κ2) is 7.43. The molecular formula is C25H40N2O3. The quantitative estimate of drug-likeness (QED) is 0.683. The van der Waals surface area contributed by atoms with Crippen molar-refractivity contribution in [1.29, 1.82) is 0 Å². The van der Waals surface area contributed by atoms with Crippen LogP contribution in [0.5, 0.6) is 0 Å². The fraction of sp³-hybridized carbons (Fsp3) is 0.880. The molecule has 4 saturated carbocycles.